The van der Waals surface area contributed by atoms with Crippen LogP contribution < -0.4 is 5.32 Å². The van der Waals surface area contributed by atoms with Crippen LogP contribution in [0.5, 0.6) is 0 Å². The molecule has 134 valence electrons. The number of carboxylic acids is 1. The SMILES string of the molecule is CC1CC(C(=O)O)CN(C(=O)Nc2ccc3nn(C(C)C)cc3c2)C1. The number of amides is 2. The quantitative estimate of drug-likeness (QED) is 0.895. The van der Waals surface area contributed by atoms with Crippen molar-refractivity contribution in [2.75, 3.05) is 18.4 Å². The van der Waals surface area contributed by atoms with Crippen LogP contribution in [-0.4, -0.2) is 44.9 Å². The first-order valence-corrected chi connectivity index (χ1v) is 8.61. The Morgan fingerprint density at radius 2 is 2.08 bits per heavy atom. The lowest BCUT2D eigenvalue weighted by molar-refractivity contribution is -0.143. The number of benzene rings is 1. The number of piperidine rings is 1. The number of anilines is 1. The molecule has 1 saturated heterocycles. The summed E-state index contributed by atoms with van der Waals surface area (Å²) in [6.07, 6.45) is 2.57. The minimum absolute atomic E-state index is 0.173. The lowest BCUT2D eigenvalue weighted by Crippen LogP contribution is -2.47. The molecule has 2 amide bonds. The van der Waals surface area contributed by atoms with Crippen molar-refractivity contribution in [2.24, 2.45) is 11.8 Å². The fourth-order valence-corrected chi connectivity index (χ4v) is 3.29. The minimum Gasteiger partial charge on any atom is -0.481 e. The number of hydrogen-bond donors (Lipinski definition) is 2. The predicted molar refractivity (Wildman–Crippen MR) is 95.6 cm³/mol. The molecule has 25 heavy (non-hydrogen) atoms. The van der Waals surface area contributed by atoms with Crippen LogP contribution in [0.4, 0.5) is 10.5 Å². The van der Waals surface area contributed by atoms with Crippen molar-refractivity contribution in [1.82, 2.24) is 14.7 Å². The molecule has 1 aliphatic rings. The molecule has 1 aliphatic heterocycles. The number of rotatable bonds is 3. The molecule has 3 rings (SSSR count). The average molecular weight is 344 g/mol. The largest absolute Gasteiger partial charge is 0.481 e. The number of likely N-dealkylation sites (tertiary alicyclic amines) is 1. The van der Waals surface area contributed by atoms with Gasteiger partial charge in [-0.1, -0.05) is 6.92 Å². The zero-order valence-corrected chi connectivity index (χ0v) is 14.8. The molecule has 2 unspecified atom stereocenters. The first-order valence-electron chi connectivity index (χ1n) is 8.61. The van der Waals surface area contributed by atoms with E-state index in [0.29, 0.717) is 18.7 Å². The number of urea groups is 1. The van der Waals surface area contributed by atoms with Crippen LogP contribution in [0.2, 0.25) is 0 Å². The fourth-order valence-electron chi connectivity index (χ4n) is 3.29. The van der Waals surface area contributed by atoms with Crippen LogP contribution in [0.15, 0.2) is 24.4 Å². The Balaban J connectivity index is 1.73. The van der Waals surface area contributed by atoms with E-state index >= 15 is 0 Å². The van der Waals surface area contributed by atoms with Gasteiger partial charge in [0.05, 0.1) is 11.4 Å². The van der Waals surface area contributed by atoms with Gasteiger partial charge in [0, 0.05) is 36.4 Å². The molecular weight excluding hydrogens is 320 g/mol. The van der Waals surface area contributed by atoms with E-state index < -0.39 is 11.9 Å². The number of fused-ring (bicyclic) bond motifs is 1. The topological polar surface area (TPSA) is 87.5 Å². The van der Waals surface area contributed by atoms with Gasteiger partial charge in [-0.05, 0) is 44.4 Å². The van der Waals surface area contributed by atoms with Gasteiger partial charge in [-0.15, -0.1) is 0 Å². The van der Waals surface area contributed by atoms with Gasteiger partial charge in [-0.25, -0.2) is 4.79 Å². The third kappa shape index (κ3) is 3.75. The van der Waals surface area contributed by atoms with Crippen LogP contribution in [0.1, 0.15) is 33.2 Å². The average Bonchev–Trinajstić information content (AvgIpc) is 2.97. The summed E-state index contributed by atoms with van der Waals surface area (Å²) in [5.74, 6) is -1.17. The number of aliphatic carboxylic acids is 1. The van der Waals surface area contributed by atoms with Gasteiger partial charge >= 0.3 is 12.0 Å². The maximum absolute atomic E-state index is 12.5. The van der Waals surface area contributed by atoms with Crippen molar-refractivity contribution in [3.63, 3.8) is 0 Å². The zero-order valence-electron chi connectivity index (χ0n) is 14.8. The number of nitrogens with one attached hydrogen (secondary N) is 1. The Bertz CT molecular complexity index is 799. The van der Waals surface area contributed by atoms with E-state index in [1.165, 1.54) is 0 Å². The molecule has 1 aromatic heterocycles. The highest BCUT2D eigenvalue weighted by molar-refractivity contribution is 5.93. The molecule has 0 saturated carbocycles. The van der Waals surface area contributed by atoms with Crippen molar-refractivity contribution >= 4 is 28.6 Å². The molecular formula is C18H24N4O3. The van der Waals surface area contributed by atoms with Gasteiger partial charge in [0.25, 0.3) is 0 Å². The number of carbonyl (C=O) groups is 2. The lowest BCUT2D eigenvalue weighted by atomic mass is 9.91. The molecule has 7 nitrogen and oxygen atoms in total. The summed E-state index contributed by atoms with van der Waals surface area (Å²) in [5.41, 5.74) is 1.56. The molecule has 2 aromatic rings. The maximum Gasteiger partial charge on any atom is 0.321 e. The summed E-state index contributed by atoms with van der Waals surface area (Å²) in [6, 6.07) is 5.60. The summed E-state index contributed by atoms with van der Waals surface area (Å²) in [7, 11) is 0. The molecule has 1 fully saturated rings. The number of nitrogens with zero attached hydrogens (tertiary/aromatic N) is 3. The second-order valence-electron chi connectivity index (χ2n) is 7.19. The van der Waals surface area contributed by atoms with Crippen molar-refractivity contribution < 1.29 is 14.7 Å². The van der Waals surface area contributed by atoms with Crippen LogP contribution in [0.3, 0.4) is 0 Å². The third-order valence-corrected chi connectivity index (χ3v) is 4.60. The normalized spacial score (nSPS) is 20.9. The van der Waals surface area contributed by atoms with Crippen molar-refractivity contribution in [3.05, 3.63) is 24.4 Å². The summed E-state index contributed by atoms with van der Waals surface area (Å²) < 4.78 is 1.89. The lowest BCUT2D eigenvalue weighted by Gasteiger charge is -2.34. The first-order chi connectivity index (χ1) is 11.8. The highest BCUT2D eigenvalue weighted by atomic mass is 16.4. The Morgan fingerprint density at radius 1 is 1.32 bits per heavy atom. The van der Waals surface area contributed by atoms with E-state index in [-0.39, 0.29) is 24.5 Å². The molecule has 2 atom stereocenters. The highest BCUT2D eigenvalue weighted by Crippen LogP contribution is 2.24. The Hall–Kier alpha value is -2.57. The Labute approximate surface area is 146 Å². The van der Waals surface area contributed by atoms with Crippen molar-refractivity contribution in [3.8, 4) is 0 Å². The maximum atomic E-state index is 12.5. The second kappa shape index (κ2) is 6.74. The van der Waals surface area contributed by atoms with E-state index in [9.17, 15) is 14.7 Å². The van der Waals surface area contributed by atoms with E-state index in [1.807, 2.05) is 36.0 Å². The number of carboxylic acid groups (broad SMARTS) is 1. The van der Waals surface area contributed by atoms with Gasteiger partial charge < -0.3 is 15.3 Å². The number of aromatic nitrogens is 2. The molecule has 0 spiro atoms. The van der Waals surface area contributed by atoms with E-state index in [4.69, 9.17) is 0 Å². The van der Waals surface area contributed by atoms with E-state index in [2.05, 4.69) is 24.3 Å². The van der Waals surface area contributed by atoms with E-state index in [1.54, 1.807) is 4.90 Å². The van der Waals surface area contributed by atoms with Crippen LogP contribution in [0, 0.1) is 11.8 Å². The number of carbonyl (C=O) groups excluding carboxylic acids is 1. The van der Waals surface area contributed by atoms with Gasteiger partial charge in [-0.2, -0.15) is 5.10 Å². The molecule has 0 bridgehead atoms. The summed E-state index contributed by atoms with van der Waals surface area (Å²) in [6.45, 7) is 6.92. The van der Waals surface area contributed by atoms with Crippen molar-refractivity contribution in [2.45, 2.75) is 33.2 Å². The smallest absolute Gasteiger partial charge is 0.321 e. The van der Waals surface area contributed by atoms with Crippen LogP contribution in [-0.2, 0) is 4.79 Å². The van der Waals surface area contributed by atoms with E-state index in [0.717, 1.165) is 10.9 Å². The summed E-state index contributed by atoms with van der Waals surface area (Å²) in [5, 5.41) is 17.6. The second-order valence-corrected chi connectivity index (χ2v) is 7.19. The Morgan fingerprint density at radius 3 is 2.76 bits per heavy atom. The fraction of sp³-hybridized carbons (Fsp3) is 0.500. The van der Waals surface area contributed by atoms with Gasteiger partial charge in [-0.3, -0.25) is 9.48 Å². The van der Waals surface area contributed by atoms with Crippen molar-refractivity contribution in [1.29, 1.82) is 0 Å². The molecule has 7 heteroatoms. The summed E-state index contributed by atoms with van der Waals surface area (Å²) in [4.78, 5) is 25.4. The van der Waals surface area contributed by atoms with Crippen LogP contribution in [0.25, 0.3) is 10.9 Å². The van der Waals surface area contributed by atoms with Gasteiger partial charge in [0.15, 0.2) is 0 Å². The molecule has 2 heterocycles. The van der Waals surface area contributed by atoms with Gasteiger partial charge in [0.2, 0.25) is 0 Å². The molecule has 1 aromatic carbocycles. The standard InChI is InChI=1S/C18H24N4O3/c1-11(2)22-10-13-7-15(4-5-16(13)20-22)19-18(25)21-8-12(3)6-14(9-21)17(23)24/h4-5,7,10-12,14H,6,8-9H2,1-3H3,(H,19,25)(H,23,24). The predicted octanol–water partition coefficient (Wildman–Crippen LogP) is 3.19. The van der Waals surface area contributed by atoms with Gasteiger partial charge in [0.1, 0.15) is 0 Å². The summed E-state index contributed by atoms with van der Waals surface area (Å²) >= 11 is 0. The first kappa shape index (κ1) is 17.3. The van der Waals surface area contributed by atoms with Crippen LogP contribution >= 0.6 is 0 Å². The zero-order chi connectivity index (χ0) is 18.1. The Kier molecular flexibility index (Phi) is 4.65. The number of hydrogen-bond acceptors (Lipinski definition) is 3. The third-order valence-electron chi connectivity index (χ3n) is 4.60. The monoisotopic (exact) mass is 344 g/mol. The molecule has 2 N–H and O–H groups in total. The highest BCUT2D eigenvalue weighted by Gasteiger charge is 2.31. The molecule has 0 aliphatic carbocycles. The molecule has 0 radical (unpaired) electrons. The minimum atomic E-state index is -0.841.